The molecule has 0 saturated carbocycles. The van der Waals surface area contributed by atoms with Crippen LogP contribution in [0.1, 0.15) is 16.7 Å². The second kappa shape index (κ2) is 6.12. The summed E-state index contributed by atoms with van der Waals surface area (Å²) < 4.78 is 14.0. The molecule has 5 nitrogen and oxygen atoms in total. The lowest BCUT2D eigenvalue weighted by Gasteiger charge is -2.31. The molecule has 1 aliphatic heterocycles. The molecule has 0 atom stereocenters. The summed E-state index contributed by atoms with van der Waals surface area (Å²) in [6.45, 7) is 1.40. The van der Waals surface area contributed by atoms with E-state index < -0.39 is 0 Å². The van der Waals surface area contributed by atoms with Gasteiger partial charge in [0.05, 0.1) is 6.42 Å². The third kappa shape index (κ3) is 2.80. The molecule has 0 aliphatic carbocycles. The standard InChI is InChI=1S/C19H17FN4O/c20-16-6-2-5-15-18(16)22-11-23-19(15)24-8-7-14-12(9-17(21)25)3-1-4-13(14)10-24/h1-6,11H,7-10H2,(H2,21,25). The van der Waals surface area contributed by atoms with Crippen molar-refractivity contribution in [1.82, 2.24) is 9.97 Å². The van der Waals surface area contributed by atoms with E-state index in [4.69, 9.17) is 5.73 Å². The molecule has 2 heterocycles. The minimum atomic E-state index is -0.345. The van der Waals surface area contributed by atoms with Crippen LogP contribution in [0, 0.1) is 5.82 Å². The van der Waals surface area contributed by atoms with Gasteiger partial charge in [-0.25, -0.2) is 14.4 Å². The molecular formula is C19H17FN4O. The number of hydrogen-bond acceptors (Lipinski definition) is 4. The molecule has 2 aromatic carbocycles. The van der Waals surface area contributed by atoms with Gasteiger partial charge in [0.25, 0.3) is 0 Å². The van der Waals surface area contributed by atoms with Crippen LogP contribution in [0.3, 0.4) is 0 Å². The Morgan fingerprint density at radius 3 is 2.88 bits per heavy atom. The fraction of sp³-hybridized carbons (Fsp3) is 0.211. The summed E-state index contributed by atoms with van der Waals surface area (Å²) in [5.74, 6) is 0.0610. The van der Waals surface area contributed by atoms with Gasteiger partial charge in [0.2, 0.25) is 5.91 Å². The number of hydrogen-bond donors (Lipinski definition) is 1. The predicted octanol–water partition coefficient (Wildman–Crippen LogP) is 2.36. The number of nitrogens with two attached hydrogens (primary N) is 1. The summed E-state index contributed by atoms with van der Waals surface area (Å²) in [6.07, 6.45) is 2.45. The van der Waals surface area contributed by atoms with Gasteiger partial charge in [-0.3, -0.25) is 4.79 Å². The summed E-state index contributed by atoms with van der Waals surface area (Å²) in [4.78, 5) is 21.9. The molecule has 6 heteroatoms. The lowest BCUT2D eigenvalue weighted by molar-refractivity contribution is -0.117. The van der Waals surface area contributed by atoms with Gasteiger partial charge in [0.15, 0.2) is 0 Å². The Labute approximate surface area is 144 Å². The molecule has 1 aromatic heterocycles. The third-order valence-electron chi connectivity index (χ3n) is 4.62. The highest BCUT2D eigenvalue weighted by molar-refractivity contribution is 5.89. The summed E-state index contributed by atoms with van der Waals surface area (Å²) in [7, 11) is 0. The SMILES string of the molecule is NC(=O)Cc1cccc2c1CCN(c1ncnc3c(F)cccc13)C2. The number of anilines is 1. The van der Waals surface area contributed by atoms with E-state index in [-0.39, 0.29) is 18.1 Å². The van der Waals surface area contributed by atoms with Crippen LogP contribution in [0.15, 0.2) is 42.7 Å². The Morgan fingerprint density at radius 2 is 2.04 bits per heavy atom. The van der Waals surface area contributed by atoms with Crippen molar-refractivity contribution in [2.45, 2.75) is 19.4 Å². The number of rotatable bonds is 3. The zero-order valence-corrected chi connectivity index (χ0v) is 13.6. The molecule has 1 amide bonds. The second-order valence-electron chi connectivity index (χ2n) is 6.20. The highest BCUT2D eigenvalue weighted by Gasteiger charge is 2.22. The highest BCUT2D eigenvalue weighted by Crippen LogP contribution is 2.30. The number of nitrogens with zero attached hydrogens (tertiary/aromatic N) is 3. The maximum Gasteiger partial charge on any atom is 0.221 e. The van der Waals surface area contributed by atoms with E-state index in [9.17, 15) is 9.18 Å². The van der Waals surface area contributed by atoms with Crippen LogP contribution in [0.2, 0.25) is 0 Å². The molecule has 3 aromatic rings. The summed E-state index contributed by atoms with van der Waals surface area (Å²) in [5.41, 5.74) is 9.00. The van der Waals surface area contributed by atoms with E-state index in [1.807, 2.05) is 18.2 Å². The zero-order chi connectivity index (χ0) is 17.4. The lowest BCUT2D eigenvalue weighted by Crippen LogP contribution is -2.32. The van der Waals surface area contributed by atoms with E-state index >= 15 is 0 Å². The number of para-hydroxylation sites is 1. The molecule has 126 valence electrons. The molecule has 0 radical (unpaired) electrons. The number of primary amides is 1. The van der Waals surface area contributed by atoms with Gasteiger partial charge >= 0.3 is 0 Å². The van der Waals surface area contributed by atoms with Crippen LogP contribution in [0.4, 0.5) is 10.2 Å². The number of carbonyl (C=O) groups excluding carboxylic acids is 1. The van der Waals surface area contributed by atoms with Gasteiger partial charge in [0, 0.05) is 18.5 Å². The van der Waals surface area contributed by atoms with Crippen molar-refractivity contribution < 1.29 is 9.18 Å². The third-order valence-corrected chi connectivity index (χ3v) is 4.62. The van der Waals surface area contributed by atoms with E-state index in [0.717, 1.165) is 29.9 Å². The molecular weight excluding hydrogens is 319 g/mol. The van der Waals surface area contributed by atoms with Crippen LogP contribution < -0.4 is 10.6 Å². The van der Waals surface area contributed by atoms with Crippen molar-refractivity contribution >= 4 is 22.6 Å². The summed E-state index contributed by atoms with van der Waals surface area (Å²) in [5, 5.41) is 0.708. The largest absolute Gasteiger partial charge is 0.369 e. The lowest BCUT2D eigenvalue weighted by atomic mass is 9.92. The normalized spacial score (nSPS) is 13.7. The van der Waals surface area contributed by atoms with Crippen molar-refractivity contribution in [2.75, 3.05) is 11.4 Å². The first-order chi connectivity index (χ1) is 12.1. The first-order valence-electron chi connectivity index (χ1n) is 8.15. The monoisotopic (exact) mass is 336 g/mol. The Hall–Kier alpha value is -3.02. The van der Waals surface area contributed by atoms with Crippen molar-refractivity contribution in [3.8, 4) is 0 Å². The average molecular weight is 336 g/mol. The number of aromatic nitrogens is 2. The Morgan fingerprint density at radius 1 is 1.20 bits per heavy atom. The first kappa shape index (κ1) is 15.5. The molecule has 0 saturated heterocycles. The quantitative estimate of drug-likeness (QED) is 0.797. The van der Waals surface area contributed by atoms with Crippen LogP contribution in [-0.4, -0.2) is 22.4 Å². The van der Waals surface area contributed by atoms with Crippen LogP contribution in [-0.2, 0) is 24.2 Å². The number of fused-ring (bicyclic) bond motifs is 2. The van der Waals surface area contributed by atoms with Crippen molar-refractivity contribution in [3.05, 3.63) is 65.2 Å². The molecule has 0 unspecified atom stereocenters. The smallest absolute Gasteiger partial charge is 0.221 e. The Balaban J connectivity index is 1.72. The predicted molar refractivity (Wildman–Crippen MR) is 93.6 cm³/mol. The Bertz CT molecular complexity index is 973. The summed E-state index contributed by atoms with van der Waals surface area (Å²) in [6, 6.07) is 10.9. The van der Waals surface area contributed by atoms with E-state index in [0.29, 0.717) is 17.4 Å². The fourth-order valence-corrected chi connectivity index (χ4v) is 3.51. The first-order valence-corrected chi connectivity index (χ1v) is 8.15. The molecule has 1 aliphatic rings. The van der Waals surface area contributed by atoms with Crippen molar-refractivity contribution in [2.24, 2.45) is 5.73 Å². The molecule has 0 spiro atoms. The zero-order valence-electron chi connectivity index (χ0n) is 13.6. The van der Waals surface area contributed by atoms with Gasteiger partial charge in [0.1, 0.15) is 23.5 Å². The molecule has 25 heavy (non-hydrogen) atoms. The second-order valence-corrected chi connectivity index (χ2v) is 6.20. The number of halogens is 1. The van der Waals surface area contributed by atoms with Crippen LogP contribution >= 0.6 is 0 Å². The van der Waals surface area contributed by atoms with E-state index in [1.54, 1.807) is 6.07 Å². The van der Waals surface area contributed by atoms with E-state index in [2.05, 4.69) is 20.9 Å². The van der Waals surface area contributed by atoms with Gasteiger partial charge in [-0.1, -0.05) is 24.3 Å². The number of amides is 1. The molecule has 0 bridgehead atoms. The van der Waals surface area contributed by atoms with Crippen molar-refractivity contribution in [1.29, 1.82) is 0 Å². The highest BCUT2D eigenvalue weighted by atomic mass is 19.1. The van der Waals surface area contributed by atoms with Crippen LogP contribution in [0.5, 0.6) is 0 Å². The molecule has 2 N–H and O–H groups in total. The maximum absolute atomic E-state index is 14.0. The van der Waals surface area contributed by atoms with Crippen LogP contribution in [0.25, 0.3) is 10.9 Å². The molecule has 0 fully saturated rings. The molecule has 4 rings (SSSR count). The van der Waals surface area contributed by atoms with Gasteiger partial charge in [-0.05, 0) is 35.2 Å². The van der Waals surface area contributed by atoms with Gasteiger partial charge in [-0.15, -0.1) is 0 Å². The van der Waals surface area contributed by atoms with Gasteiger partial charge in [-0.2, -0.15) is 0 Å². The number of carbonyl (C=O) groups is 1. The van der Waals surface area contributed by atoms with Gasteiger partial charge < -0.3 is 10.6 Å². The Kier molecular flexibility index (Phi) is 3.80. The summed E-state index contributed by atoms with van der Waals surface area (Å²) >= 11 is 0. The minimum Gasteiger partial charge on any atom is -0.369 e. The number of benzene rings is 2. The fourth-order valence-electron chi connectivity index (χ4n) is 3.51. The maximum atomic E-state index is 14.0. The van der Waals surface area contributed by atoms with E-state index in [1.165, 1.54) is 18.0 Å². The van der Waals surface area contributed by atoms with Crippen molar-refractivity contribution in [3.63, 3.8) is 0 Å². The average Bonchev–Trinajstić information content (AvgIpc) is 2.61. The minimum absolute atomic E-state index is 0.255. The topological polar surface area (TPSA) is 72.1 Å².